The Labute approximate surface area is 110 Å². The molecule has 0 aliphatic heterocycles. The van der Waals surface area contributed by atoms with Crippen LogP contribution in [-0.2, 0) is 16.1 Å². The summed E-state index contributed by atoms with van der Waals surface area (Å²) in [6.07, 6.45) is 0.546. The van der Waals surface area contributed by atoms with Gasteiger partial charge < -0.3 is 20.3 Å². The Hall–Kier alpha value is -2.34. The molecule has 6 nitrogen and oxygen atoms in total. The van der Waals surface area contributed by atoms with E-state index < -0.39 is 18.1 Å². The number of carbonyl (C=O) groups excluding carboxylic acids is 1. The topological polar surface area (TPSA) is 95.9 Å². The van der Waals surface area contributed by atoms with E-state index in [0.717, 1.165) is 0 Å². The molecule has 0 saturated carbocycles. The van der Waals surface area contributed by atoms with Crippen molar-refractivity contribution in [1.29, 1.82) is 0 Å². The molecule has 1 unspecified atom stereocenters. The molecule has 1 aromatic carbocycles. The van der Waals surface area contributed by atoms with Crippen LogP contribution in [0.15, 0.2) is 36.9 Å². The molecule has 1 rings (SSSR count). The lowest BCUT2D eigenvalue weighted by atomic mass is 10.1. The molecule has 0 spiro atoms. The van der Waals surface area contributed by atoms with E-state index in [1.807, 2.05) is 0 Å². The van der Waals surface area contributed by atoms with Crippen molar-refractivity contribution in [2.45, 2.75) is 12.6 Å². The van der Waals surface area contributed by atoms with Gasteiger partial charge in [-0.05, 0) is 11.1 Å². The number of nitrogens with one attached hydrogen (secondary N) is 1. The largest absolute Gasteiger partial charge is 0.479 e. The fourth-order valence-corrected chi connectivity index (χ4v) is 1.40. The number of amides is 1. The SMILES string of the molecule is C=CCOC(=O)NC(C(=O)O)c1ccc(CO)cc1. The summed E-state index contributed by atoms with van der Waals surface area (Å²) in [4.78, 5) is 22.5. The number of benzene rings is 1. The third-order valence-corrected chi connectivity index (χ3v) is 2.34. The van der Waals surface area contributed by atoms with Crippen molar-refractivity contribution in [3.8, 4) is 0 Å². The van der Waals surface area contributed by atoms with Crippen molar-refractivity contribution in [1.82, 2.24) is 5.32 Å². The summed E-state index contributed by atoms with van der Waals surface area (Å²) in [5.74, 6) is -1.20. The van der Waals surface area contributed by atoms with Gasteiger partial charge >= 0.3 is 12.1 Å². The summed E-state index contributed by atoms with van der Waals surface area (Å²) in [6.45, 7) is 3.25. The van der Waals surface area contributed by atoms with Gasteiger partial charge in [-0.2, -0.15) is 0 Å². The molecular formula is C13H15NO5. The summed E-state index contributed by atoms with van der Waals surface area (Å²) in [5, 5.41) is 20.2. The minimum absolute atomic E-state index is 0.00161. The van der Waals surface area contributed by atoms with Crippen LogP contribution in [0, 0.1) is 0 Å². The maximum atomic E-state index is 11.3. The van der Waals surface area contributed by atoms with Crippen molar-refractivity contribution in [2.24, 2.45) is 0 Å². The lowest BCUT2D eigenvalue weighted by molar-refractivity contribution is -0.139. The monoisotopic (exact) mass is 265 g/mol. The van der Waals surface area contributed by atoms with Crippen LogP contribution in [0.2, 0.25) is 0 Å². The molecule has 0 saturated heterocycles. The first kappa shape index (κ1) is 14.7. The van der Waals surface area contributed by atoms with E-state index in [0.29, 0.717) is 11.1 Å². The Bertz CT molecular complexity index is 455. The number of aliphatic hydroxyl groups is 1. The fourth-order valence-electron chi connectivity index (χ4n) is 1.40. The zero-order valence-corrected chi connectivity index (χ0v) is 10.2. The Morgan fingerprint density at radius 3 is 2.47 bits per heavy atom. The third kappa shape index (κ3) is 4.44. The molecule has 1 amide bonds. The maximum absolute atomic E-state index is 11.3. The van der Waals surface area contributed by atoms with Crippen LogP contribution in [0.5, 0.6) is 0 Å². The lowest BCUT2D eigenvalue weighted by Crippen LogP contribution is -2.34. The summed E-state index contributed by atoms with van der Waals surface area (Å²) in [7, 11) is 0. The van der Waals surface area contributed by atoms with E-state index >= 15 is 0 Å². The molecule has 0 fully saturated rings. The first-order chi connectivity index (χ1) is 9.08. The fraction of sp³-hybridized carbons (Fsp3) is 0.231. The van der Waals surface area contributed by atoms with E-state index in [2.05, 4.69) is 16.6 Å². The Balaban J connectivity index is 2.78. The highest BCUT2D eigenvalue weighted by atomic mass is 16.5. The summed E-state index contributed by atoms with van der Waals surface area (Å²) in [6, 6.07) is 5.02. The van der Waals surface area contributed by atoms with E-state index in [4.69, 9.17) is 10.2 Å². The molecule has 0 aliphatic rings. The molecule has 1 aromatic rings. The zero-order valence-electron chi connectivity index (χ0n) is 10.2. The average molecular weight is 265 g/mol. The standard InChI is InChI=1S/C13H15NO5/c1-2-7-19-13(18)14-11(12(16)17)10-5-3-9(8-15)4-6-10/h2-6,11,15H,1,7-8H2,(H,14,18)(H,16,17). The number of carbonyl (C=O) groups is 2. The van der Waals surface area contributed by atoms with Crippen molar-refractivity contribution >= 4 is 12.1 Å². The van der Waals surface area contributed by atoms with Gasteiger partial charge in [-0.3, -0.25) is 0 Å². The first-order valence-corrected chi connectivity index (χ1v) is 5.55. The van der Waals surface area contributed by atoms with E-state index in [1.165, 1.54) is 18.2 Å². The third-order valence-electron chi connectivity index (χ3n) is 2.34. The van der Waals surface area contributed by atoms with Crippen LogP contribution in [0.25, 0.3) is 0 Å². The van der Waals surface area contributed by atoms with Gasteiger partial charge in [0.15, 0.2) is 6.04 Å². The second-order valence-corrected chi connectivity index (χ2v) is 3.70. The number of carboxylic acids is 1. The van der Waals surface area contributed by atoms with E-state index in [9.17, 15) is 9.59 Å². The molecule has 102 valence electrons. The molecule has 19 heavy (non-hydrogen) atoms. The van der Waals surface area contributed by atoms with E-state index in [-0.39, 0.29) is 13.2 Å². The van der Waals surface area contributed by atoms with Gasteiger partial charge in [0, 0.05) is 0 Å². The van der Waals surface area contributed by atoms with Gasteiger partial charge in [0.2, 0.25) is 0 Å². The summed E-state index contributed by atoms with van der Waals surface area (Å²) < 4.78 is 4.67. The number of carboxylic acid groups (broad SMARTS) is 1. The molecule has 1 atom stereocenters. The van der Waals surface area contributed by atoms with Gasteiger partial charge in [-0.1, -0.05) is 36.9 Å². The van der Waals surface area contributed by atoms with Crippen molar-refractivity contribution in [3.05, 3.63) is 48.0 Å². The number of aliphatic carboxylic acids is 1. The van der Waals surface area contributed by atoms with Crippen LogP contribution < -0.4 is 5.32 Å². The zero-order chi connectivity index (χ0) is 14.3. The highest BCUT2D eigenvalue weighted by Gasteiger charge is 2.22. The lowest BCUT2D eigenvalue weighted by Gasteiger charge is -2.14. The summed E-state index contributed by atoms with van der Waals surface area (Å²) in [5.41, 5.74) is 1.04. The molecule has 0 aromatic heterocycles. The molecule has 0 radical (unpaired) electrons. The highest BCUT2D eigenvalue weighted by molar-refractivity contribution is 5.81. The normalized spacial score (nSPS) is 11.4. The Kier molecular flexibility index (Phi) is 5.56. The number of hydrogen-bond donors (Lipinski definition) is 3. The maximum Gasteiger partial charge on any atom is 0.408 e. The Morgan fingerprint density at radius 1 is 1.37 bits per heavy atom. The molecule has 6 heteroatoms. The van der Waals surface area contributed by atoms with Gasteiger partial charge in [0.05, 0.1) is 6.61 Å². The van der Waals surface area contributed by atoms with E-state index in [1.54, 1.807) is 12.1 Å². The smallest absolute Gasteiger partial charge is 0.408 e. The van der Waals surface area contributed by atoms with Crippen molar-refractivity contribution < 1.29 is 24.5 Å². The minimum atomic E-state index is -1.20. The number of ether oxygens (including phenoxy) is 1. The van der Waals surface area contributed by atoms with Crippen LogP contribution in [0.4, 0.5) is 4.79 Å². The molecular weight excluding hydrogens is 250 g/mol. The van der Waals surface area contributed by atoms with Crippen molar-refractivity contribution in [3.63, 3.8) is 0 Å². The second kappa shape index (κ2) is 7.17. The van der Waals surface area contributed by atoms with Gasteiger partial charge in [0.25, 0.3) is 0 Å². The van der Waals surface area contributed by atoms with Crippen LogP contribution in [0.3, 0.4) is 0 Å². The van der Waals surface area contributed by atoms with Gasteiger partial charge in [0.1, 0.15) is 6.61 Å². The molecule has 0 heterocycles. The molecule has 0 bridgehead atoms. The van der Waals surface area contributed by atoms with Gasteiger partial charge in [-0.25, -0.2) is 9.59 Å². The number of rotatable bonds is 6. The van der Waals surface area contributed by atoms with Crippen molar-refractivity contribution in [2.75, 3.05) is 6.61 Å². The van der Waals surface area contributed by atoms with Crippen LogP contribution >= 0.6 is 0 Å². The summed E-state index contributed by atoms with van der Waals surface area (Å²) >= 11 is 0. The Morgan fingerprint density at radius 2 is 2.00 bits per heavy atom. The quantitative estimate of drug-likeness (QED) is 0.672. The molecule has 0 aliphatic carbocycles. The van der Waals surface area contributed by atoms with Gasteiger partial charge in [-0.15, -0.1) is 0 Å². The number of alkyl carbamates (subject to hydrolysis) is 1. The number of aliphatic hydroxyl groups excluding tert-OH is 1. The predicted octanol–water partition coefficient (Wildman–Crippen LogP) is 1.22. The molecule has 3 N–H and O–H groups in total. The minimum Gasteiger partial charge on any atom is -0.479 e. The first-order valence-electron chi connectivity index (χ1n) is 5.55. The van der Waals surface area contributed by atoms with Crippen LogP contribution in [-0.4, -0.2) is 28.9 Å². The average Bonchev–Trinajstić information content (AvgIpc) is 2.42. The second-order valence-electron chi connectivity index (χ2n) is 3.70. The van der Waals surface area contributed by atoms with Crippen LogP contribution in [0.1, 0.15) is 17.2 Å². The number of hydrogen-bond acceptors (Lipinski definition) is 4. The highest BCUT2D eigenvalue weighted by Crippen LogP contribution is 2.14. The predicted molar refractivity (Wildman–Crippen MR) is 67.4 cm³/mol.